The maximum atomic E-state index is 12.9. The Morgan fingerprint density at radius 1 is 1.17 bits per heavy atom. The van der Waals surface area contributed by atoms with Crippen molar-refractivity contribution in [3.8, 4) is 5.75 Å². The summed E-state index contributed by atoms with van der Waals surface area (Å²) in [7, 11) is 3.79. The molecule has 1 aliphatic rings. The Kier molecular flexibility index (Phi) is 6.84. The lowest BCUT2D eigenvalue weighted by Crippen LogP contribution is -2.35. The van der Waals surface area contributed by atoms with Gasteiger partial charge in [0.25, 0.3) is 11.7 Å². The number of aromatic nitrogens is 1. The van der Waals surface area contributed by atoms with Crippen molar-refractivity contribution >= 4 is 17.4 Å². The molecule has 1 amide bonds. The molecule has 158 valence electrons. The van der Waals surface area contributed by atoms with E-state index >= 15 is 0 Å². The summed E-state index contributed by atoms with van der Waals surface area (Å²) in [6.45, 7) is 3.55. The van der Waals surface area contributed by atoms with Crippen molar-refractivity contribution in [2.24, 2.45) is 0 Å². The monoisotopic (exact) mass is 409 g/mol. The number of hydrogen-bond donors (Lipinski definition) is 1. The van der Waals surface area contributed by atoms with Gasteiger partial charge in [0.1, 0.15) is 17.6 Å². The summed E-state index contributed by atoms with van der Waals surface area (Å²) >= 11 is 0. The minimum atomic E-state index is -0.734. The van der Waals surface area contributed by atoms with Crippen LogP contribution in [0.5, 0.6) is 5.75 Å². The summed E-state index contributed by atoms with van der Waals surface area (Å²) in [5, 5.41) is 11.0. The van der Waals surface area contributed by atoms with Gasteiger partial charge < -0.3 is 19.6 Å². The third-order valence-electron chi connectivity index (χ3n) is 4.90. The first-order valence-electron chi connectivity index (χ1n) is 10.0. The Bertz CT molecular complexity index is 923. The van der Waals surface area contributed by atoms with Gasteiger partial charge in [0.2, 0.25) is 0 Å². The van der Waals surface area contributed by atoms with Crippen LogP contribution in [0.4, 0.5) is 0 Å². The molecule has 0 saturated carbocycles. The van der Waals surface area contributed by atoms with E-state index < -0.39 is 17.7 Å². The second kappa shape index (κ2) is 9.54. The van der Waals surface area contributed by atoms with Crippen LogP contribution in [0.2, 0.25) is 0 Å². The molecule has 1 aromatic carbocycles. The van der Waals surface area contributed by atoms with Crippen molar-refractivity contribution in [3.05, 3.63) is 65.5 Å². The van der Waals surface area contributed by atoms with E-state index in [9.17, 15) is 14.7 Å². The van der Waals surface area contributed by atoms with E-state index in [1.54, 1.807) is 48.7 Å². The molecule has 2 aromatic rings. The van der Waals surface area contributed by atoms with Gasteiger partial charge in [-0.3, -0.25) is 14.6 Å². The fourth-order valence-electron chi connectivity index (χ4n) is 3.35. The van der Waals surface area contributed by atoms with Crippen molar-refractivity contribution in [2.45, 2.75) is 19.4 Å². The topological polar surface area (TPSA) is 83.0 Å². The highest BCUT2D eigenvalue weighted by Crippen LogP contribution is 2.38. The molecule has 1 N–H and O–H groups in total. The standard InChI is InChI=1S/C23H27N3O4/c1-4-15-30-17-10-8-16(9-11-17)21(27)19-20(18-7-5-6-12-24-18)26(14-13-25(2)3)23(29)22(19)28/h5-12,20,27H,4,13-15H2,1-3H3/b21-19+/t20-/m1/s1. The number of nitrogens with zero attached hydrogens (tertiary/aromatic N) is 3. The molecular weight excluding hydrogens is 382 g/mol. The summed E-state index contributed by atoms with van der Waals surface area (Å²) in [5.74, 6) is -0.857. The average Bonchev–Trinajstić information content (AvgIpc) is 3.01. The molecule has 0 radical (unpaired) electrons. The molecule has 7 heteroatoms. The number of aliphatic hydroxyl groups excluding tert-OH is 1. The Labute approximate surface area is 176 Å². The van der Waals surface area contributed by atoms with Crippen LogP contribution in [0.3, 0.4) is 0 Å². The number of ether oxygens (including phenoxy) is 1. The van der Waals surface area contributed by atoms with Crippen LogP contribution < -0.4 is 4.74 Å². The highest BCUT2D eigenvalue weighted by atomic mass is 16.5. The lowest BCUT2D eigenvalue weighted by atomic mass is 9.98. The molecule has 7 nitrogen and oxygen atoms in total. The van der Waals surface area contributed by atoms with E-state index in [-0.39, 0.29) is 11.3 Å². The average molecular weight is 409 g/mol. The quantitative estimate of drug-likeness (QED) is 0.410. The first kappa shape index (κ1) is 21.5. The normalized spacial score (nSPS) is 18.3. The first-order chi connectivity index (χ1) is 14.4. The molecule has 1 fully saturated rings. The predicted octanol–water partition coefficient (Wildman–Crippen LogP) is 2.85. The third-order valence-corrected chi connectivity index (χ3v) is 4.90. The van der Waals surface area contributed by atoms with Crippen molar-refractivity contribution in [3.63, 3.8) is 0 Å². The second-order valence-corrected chi connectivity index (χ2v) is 7.42. The summed E-state index contributed by atoms with van der Waals surface area (Å²) in [6.07, 6.45) is 2.50. The second-order valence-electron chi connectivity index (χ2n) is 7.42. The molecule has 2 heterocycles. The van der Waals surface area contributed by atoms with Crippen LogP contribution in [0.25, 0.3) is 5.76 Å². The summed E-state index contributed by atoms with van der Waals surface area (Å²) in [6, 6.07) is 11.4. The molecule has 1 aromatic heterocycles. The molecule has 1 saturated heterocycles. The van der Waals surface area contributed by atoms with Gasteiger partial charge in [0, 0.05) is 24.8 Å². The van der Waals surface area contributed by atoms with Crippen molar-refractivity contribution in [2.75, 3.05) is 33.8 Å². The zero-order chi connectivity index (χ0) is 21.7. The van der Waals surface area contributed by atoms with Crippen molar-refractivity contribution in [1.29, 1.82) is 0 Å². The van der Waals surface area contributed by atoms with Gasteiger partial charge in [-0.05, 0) is 56.9 Å². The highest BCUT2D eigenvalue weighted by Gasteiger charge is 2.46. The fraction of sp³-hybridized carbons (Fsp3) is 0.348. The minimum Gasteiger partial charge on any atom is -0.507 e. The van der Waals surface area contributed by atoms with E-state index in [0.717, 1.165) is 6.42 Å². The smallest absolute Gasteiger partial charge is 0.295 e. The Hall–Kier alpha value is -3.19. The Balaban J connectivity index is 2.03. The van der Waals surface area contributed by atoms with E-state index in [2.05, 4.69) is 4.98 Å². The number of aliphatic hydroxyl groups is 1. The number of rotatable bonds is 8. The van der Waals surface area contributed by atoms with Crippen LogP contribution >= 0.6 is 0 Å². The summed E-state index contributed by atoms with van der Waals surface area (Å²) in [4.78, 5) is 33.4. The number of carbonyl (C=O) groups excluding carboxylic acids is 2. The maximum absolute atomic E-state index is 12.9. The van der Waals surface area contributed by atoms with E-state index in [0.29, 0.717) is 36.7 Å². The van der Waals surface area contributed by atoms with E-state index in [1.807, 2.05) is 25.9 Å². The Morgan fingerprint density at radius 2 is 1.90 bits per heavy atom. The zero-order valence-electron chi connectivity index (χ0n) is 17.5. The van der Waals surface area contributed by atoms with Crippen LogP contribution in [-0.2, 0) is 9.59 Å². The SMILES string of the molecule is CCCOc1ccc(/C(O)=C2\C(=O)C(=O)N(CCN(C)C)[C@@H]2c2ccccn2)cc1. The van der Waals surface area contributed by atoms with Gasteiger partial charge >= 0.3 is 0 Å². The molecule has 1 aliphatic heterocycles. The van der Waals surface area contributed by atoms with Crippen molar-refractivity contribution in [1.82, 2.24) is 14.8 Å². The lowest BCUT2D eigenvalue weighted by Gasteiger charge is -2.25. The Morgan fingerprint density at radius 3 is 2.50 bits per heavy atom. The molecule has 1 atom stereocenters. The van der Waals surface area contributed by atoms with Crippen molar-refractivity contribution < 1.29 is 19.4 Å². The fourth-order valence-corrected chi connectivity index (χ4v) is 3.35. The number of Topliss-reactive ketones (excluding diaryl/α,β-unsaturated/α-hetero) is 1. The molecular formula is C23H27N3O4. The maximum Gasteiger partial charge on any atom is 0.295 e. The lowest BCUT2D eigenvalue weighted by molar-refractivity contribution is -0.140. The molecule has 0 bridgehead atoms. The first-order valence-corrected chi connectivity index (χ1v) is 10.0. The number of benzene rings is 1. The summed E-state index contributed by atoms with van der Waals surface area (Å²) in [5.41, 5.74) is 1.05. The van der Waals surface area contributed by atoms with Crippen LogP contribution in [0.1, 0.15) is 30.6 Å². The van der Waals surface area contributed by atoms with Gasteiger partial charge in [-0.1, -0.05) is 13.0 Å². The number of likely N-dealkylation sites (N-methyl/N-ethyl adjacent to an activating group) is 1. The van der Waals surface area contributed by atoms with Crippen LogP contribution in [-0.4, -0.2) is 65.4 Å². The highest BCUT2D eigenvalue weighted by molar-refractivity contribution is 6.46. The van der Waals surface area contributed by atoms with Gasteiger partial charge in [-0.2, -0.15) is 0 Å². The largest absolute Gasteiger partial charge is 0.507 e. The molecule has 0 spiro atoms. The van der Waals surface area contributed by atoms with Crippen LogP contribution in [0.15, 0.2) is 54.2 Å². The molecule has 30 heavy (non-hydrogen) atoms. The number of amides is 1. The van der Waals surface area contributed by atoms with Crippen LogP contribution in [0, 0.1) is 0 Å². The number of likely N-dealkylation sites (tertiary alicyclic amines) is 1. The molecule has 3 rings (SSSR count). The van der Waals surface area contributed by atoms with Gasteiger partial charge in [0.15, 0.2) is 0 Å². The third kappa shape index (κ3) is 4.52. The number of hydrogen-bond acceptors (Lipinski definition) is 6. The number of carbonyl (C=O) groups is 2. The number of ketones is 1. The van der Waals surface area contributed by atoms with E-state index in [4.69, 9.17) is 4.74 Å². The number of pyridine rings is 1. The predicted molar refractivity (Wildman–Crippen MR) is 114 cm³/mol. The zero-order valence-corrected chi connectivity index (χ0v) is 17.5. The van der Waals surface area contributed by atoms with Gasteiger partial charge in [-0.15, -0.1) is 0 Å². The summed E-state index contributed by atoms with van der Waals surface area (Å²) < 4.78 is 5.57. The minimum absolute atomic E-state index is 0.0553. The van der Waals surface area contributed by atoms with Gasteiger partial charge in [0.05, 0.1) is 17.9 Å². The van der Waals surface area contributed by atoms with E-state index in [1.165, 1.54) is 4.90 Å². The van der Waals surface area contributed by atoms with Gasteiger partial charge in [-0.25, -0.2) is 0 Å². The molecule has 0 aliphatic carbocycles. The molecule has 0 unspecified atom stereocenters.